The van der Waals surface area contributed by atoms with Gasteiger partial charge in [-0.3, -0.25) is 0 Å². The van der Waals surface area contributed by atoms with E-state index in [1.165, 1.54) is 38.5 Å². The van der Waals surface area contributed by atoms with Crippen LogP contribution in [0, 0.1) is 5.92 Å². The minimum Gasteiger partial charge on any atom is -0.0654 e. The average molecular weight is 250 g/mol. The van der Waals surface area contributed by atoms with Gasteiger partial charge in [0.15, 0.2) is 0 Å². The van der Waals surface area contributed by atoms with Crippen LogP contribution in [0.1, 0.15) is 65.7 Å². The molecule has 0 aromatic heterocycles. The first-order chi connectivity index (χ1) is 8.66. The Morgan fingerprint density at radius 1 is 0.944 bits per heavy atom. The Morgan fingerprint density at radius 2 is 1.61 bits per heavy atom. The summed E-state index contributed by atoms with van der Waals surface area (Å²) in [6.45, 7) is 9.03. The van der Waals surface area contributed by atoms with Crippen LogP contribution in [0.2, 0.25) is 4.59 Å². The fourth-order valence-electron chi connectivity index (χ4n) is 2.26. The van der Waals surface area contributed by atoms with Crippen LogP contribution in [0.3, 0.4) is 0 Å². The van der Waals surface area contributed by atoms with Crippen LogP contribution >= 0.6 is 0 Å². The van der Waals surface area contributed by atoms with Crippen molar-refractivity contribution >= 4 is 17.7 Å². The van der Waals surface area contributed by atoms with E-state index in [4.69, 9.17) is 9.47 Å². The zero-order valence-corrected chi connectivity index (χ0v) is 13.0. The molecule has 2 atom stereocenters. The van der Waals surface area contributed by atoms with Crippen LogP contribution < -0.4 is 0 Å². The number of unbranched alkanes of at least 4 members (excludes halogenated alkanes) is 3. The van der Waals surface area contributed by atoms with Crippen molar-refractivity contribution in [3.63, 3.8) is 0 Å². The molecule has 0 aliphatic rings. The van der Waals surface area contributed by atoms with Crippen LogP contribution in [0.25, 0.3) is 0 Å². The summed E-state index contributed by atoms with van der Waals surface area (Å²) in [4.78, 5) is 0. The number of hydrogen-bond acceptors (Lipinski definition) is 2. The summed E-state index contributed by atoms with van der Waals surface area (Å²) in [7, 11) is 0. The molecule has 3 heteroatoms. The Morgan fingerprint density at radius 3 is 2.22 bits per heavy atom. The Hall–Kier alpha value is 0.517. The van der Waals surface area contributed by atoms with Gasteiger partial charge in [0.05, 0.1) is 0 Å². The second kappa shape index (κ2) is 13.9. The zero-order valence-electron chi connectivity index (χ0n) is 13.0. The second-order valence-corrected chi connectivity index (χ2v) is 5.87. The average Bonchev–Trinajstić information content (AvgIpc) is 2.30. The van der Waals surface area contributed by atoms with Crippen molar-refractivity contribution in [3.8, 4) is 0 Å². The van der Waals surface area contributed by atoms with Crippen LogP contribution in [0.5, 0.6) is 0 Å². The van der Waals surface area contributed by atoms with E-state index in [0.717, 1.165) is 30.1 Å². The van der Waals surface area contributed by atoms with Gasteiger partial charge in [-0.05, 0) is 0 Å². The summed E-state index contributed by atoms with van der Waals surface area (Å²) in [6.07, 6.45) is 8.81. The molecule has 0 fully saturated rings. The molecule has 2 unspecified atom stereocenters. The van der Waals surface area contributed by atoms with Crippen LogP contribution in [0.4, 0.5) is 0 Å². The van der Waals surface area contributed by atoms with E-state index >= 15 is 0 Å². The van der Waals surface area contributed by atoms with Gasteiger partial charge < -0.3 is 0 Å². The van der Waals surface area contributed by atoms with Crippen molar-refractivity contribution < 1.29 is 9.47 Å². The summed E-state index contributed by atoms with van der Waals surface area (Å²) >= 11 is 2.29. The first-order valence-electron chi connectivity index (χ1n) is 7.82. The Balaban J connectivity index is 3.07. The van der Waals surface area contributed by atoms with Gasteiger partial charge in [0.25, 0.3) is 0 Å². The fourth-order valence-corrected chi connectivity index (χ4v) is 2.26. The molecule has 0 saturated heterocycles. The standard InChI is InChI=1S/C15H31O2.Li/c1-4-6-7-8-12-16-14-17-13-9-11-15(3)10-5-2;/h5,15H,4,6-14H2,1-3H3;. The normalized spacial score (nSPS) is 14.7. The minimum absolute atomic E-state index is 0.477. The third-order valence-corrected chi connectivity index (χ3v) is 3.17. The monoisotopic (exact) mass is 250 g/mol. The van der Waals surface area contributed by atoms with Gasteiger partial charge in [-0.1, -0.05) is 19.8 Å². The molecule has 0 aliphatic carbocycles. The van der Waals surface area contributed by atoms with Crippen molar-refractivity contribution in [2.75, 3.05) is 20.0 Å². The first-order valence-corrected chi connectivity index (χ1v) is 7.82. The zero-order chi connectivity index (χ0) is 13.6. The molecule has 0 aromatic rings. The molecule has 0 aliphatic heterocycles. The van der Waals surface area contributed by atoms with Gasteiger partial charge in [-0.2, -0.15) is 0 Å². The summed E-state index contributed by atoms with van der Waals surface area (Å²) in [6, 6.07) is 0. The van der Waals surface area contributed by atoms with E-state index in [0.29, 0.717) is 6.79 Å². The molecule has 0 saturated carbocycles. The van der Waals surface area contributed by atoms with Gasteiger partial charge in [0.1, 0.15) is 0 Å². The molecular formula is C15H31LiO2. The molecule has 18 heavy (non-hydrogen) atoms. The van der Waals surface area contributed by atoms with Gasteiger partial charge in [-0.15, -0.1) is 0 Å². The number of rotatable bonds is 13. The van der Waals surface area contributed by atoms with Crippen molar-refractivity contribution in [1.29, 1.82) is 0 Å². The van der Waals surface area contributed by atoms with Crippen molar-refractivity contribution in [2.24, 2.45) is 5.92 Å². The topological polar surface area (TPSA) is 18.5 Å². The van der Waals surface area contributed by atoms with Crippen LogP contribution in [0.15, 0.2) is 0 Å². The summed E-state index contributed by atoms with van der Waals surface area (Å²) in [5, 5.41) is 0. The van der Waals surface area contributed by atoms with E-state index in [1.807, 2.05) is 0 Å². The molecule has 104 valence electrons. The van der Waals surface area contributed by atoms with Crippen LogP contribution in [-0.4, -0.2) is 37.7 Å². The molecule has 0 aromatic carbocycles. The predicted octanol–water partition coefficient (Wildman–Crippen LogP) is 4.34. The molecule has 0 bridgehead atoms. The SMILES string of the molecule is [Li][CH](C)CC(C)CCCOCOCCCCCC. The number of hydrogen-bond donors (Lipinski definition) is 0. The molecular weight excluding hydrogens is 219 g/mol. The Kier molecular flexibility index (Phi) is 14.3. The van der Waals surface area contributed by atoms with E-state index in [2.05, 4.69) is 38.5 Å². The van der Waals surface area contributed by atoms with Crippen molar-refractivity contribution in [1.82, 2.24) is 0 Å². The molecule has 2 nitrogen and oxygen atoms in total. The second-order valence-electron chi connectivity index (χ2n) is 5.87. The maximum absolute atomic E-state index is 5.47. The van der Waals surface area contributed by atoms with Crippen molar-refractivity contribution in [3.05, 3.63) is 0 Å². The van der Waals surface area contributed by atoms with E-state index < -0.39 is 0 Å². The van der Waals surface area contributed by atoms with Crippen LogP contribution in [-0.2, 0) is 9.47 Å². The smallest absolute Gasteiger partial charge is 0.0654 e. The Bertz CT molecular complexity index is 163. The maximum atomic E-state index is 5.47. The van der Waals surface area contributed by atoms with E-state index in [9.17, 15) is 0 Å². The predicted molar refractivity (Wildman–Crippen MR) is 79.1 cm³/mol. The molecule has 0 heterocycles. The Labute approximate surface area is 123 Å². The minimum atomic E-state index is 0.477. The van der Waals surface area contributed by atoms with Gasteiger partial charge in [0.2, 0.25) is 0 Å². The first kappa shape index (κ1) is 18.5. The fraction of sp³-hybridized carbons (Fsp3) is 1.00. The van der Waals surface area contributed by atoms with Crippen molar-refractivity contribution in [2.45, 2.75) is 70.3 Å². The molecule has 0 rings (SSSR count). The summed E-state index contributed by atoms with van der Waals surface area (Å²) in [5.41, 5.74) is 0. The molecule has 0 spiro atoms. The molecule has 0 amide bonds. The number of ether oxygens (including phenoxy) is 2. The van der Waals surface area contributed by atoms with Gasteiger partial charge >= 0.3 is 104 Å². The molecule has 0 radical (unpaired) electrons. The van der Waals surface area contributed by atoms with Gasteiger partial charge in [-0.25, -0.2) is 0 Å². The quantitative estimate of drug-likeness (QED) is 0.275. The summed E-state index contributed by atoms with van der Waals surface area (Å²) in [5.74, 6) is 0.823. The van der Waals surface area contributed by atoms with E-state index in [-0.39, 0.29) is 0 Å². The summed E-state index contributed by atoms with van der Waals surface area (Å²) < 4.78 is 11.7. The molecule has 0 N–H and O–H groups in total. The van der Waals surface area contributed by atoms with Gasteiger partial charge in [0, 0.05) is 0 Å². The third-order valence-electron chi connectivity index (χ3n) is 3.17. The van der Waals surface area contributed by atoms with E-state index in [1.54, 1.807) is 0 Å². The third kappa shape index (κ3) is 14.6.